The fraction of sp³-hybridized carbons (Fsp3) is 0.444. The Balaban J connectivity index is 2.15. The van der Waals surface area contributed by atoms with Crippen LogP contribution in [-0.4, -0.2) is 57.1 Å². The van der Waals surface area contributed by atoms with Gasteiger partial charge < -0.3 is 15.0 Å². The van der Waals surface area contributed by atoms with Crippen molar-refractivity contribution in [1.29, 1.82) is 0 Å². The number of imidazole rings is 1. The Hall–Kier alpha value is -3.51. The highest BCUT2D eigenvalue weighted by atomic mass is 19.4. The van der Waals surface area contributed by atoms with Crippen LogP contribution in [-0.2, 0) is 23.1 Å². The van der Waals surface area contributed by atoms with Crippen LogP contribution in [0.3, 0.4) is 0 Å². The van der Waals surface area contributed by atoms with E-state index in [9.17, 15) is 22.8 Å². The lowest BCUT2D eigenvalue weighted by molar-refractivity contribution is -0.205. The number of fused-ring (bicyclic) bond motifs is 1. The van der Waals surface area contributed by atoms with Crippen LogP contribution in [0.1, 0.15) is 12.7 Å². The third kappa shape index (κ3) is 3.82. The maximum Gasteiger partial charge on any atom is 0.491 e. The second kappa shape index (κ2) is 8.08. The predicted octanol–water partition coefficient (Wildman–Crippen LogP) is -0.0242. The van der Waals surface area contributed by atoms with E-state index in [1.165, 1.54) is 21.1 Å². The Labute approximate surface area is 168 Å². The number of esters is 1. The molecule has 158 valence electrons. The number of hydrogen-bond acceptors (Lipinski definition) is 7. The molecular weight excluding hydrogens is 405 g/mol. The van der Waals surface area contributed by atoms with E-state index in [1.54, 1.807) is 6.92 Å². The van der Waals surface area contributed by atoms with Crippen molar-refractivity contribution in [2.75, 3.05) is 24.5 Å². The molecule has 2 aromatic heterocycles. The monoisotopic (exact) mass is 422 g/mol. The van der Waals surface area contributed by atoms with Gasteiger partial charge in [0.2, 0.25) is 5.95 Å². The van der Waals surface area contributed by atoms with Crippen molar-refractivity contribution in [3.63, 3.8) is 0 Å². The first-order chi connectivity index (χ1) is 14.2. The van der Waals surface area contributed by atoms with Crippen molar-refractivity contribution >= 4 is 23.1 Å². The van der Waals surface area contributed by atoms with Crippen molar-refractivity contribution < 1.29 is 22.7 Å². The first-order valence-corrected chi connectivity index (χ1v) is 8.77. The van der Waals surface area contributed by atoms with Crippen LogP contribution in [0, 0.1) is 24.2 Å². The summed E-state index contributed by atoms with van der Waals surface area (Å²) < 4.78 is 45.4. The average Bonchev–Trinajstić information content (AvgIpc) is 3.07. The highest BCUT2D eigenvalue weighted by Crippen LogP contribution is 2.25. The number of hydrogen-bond donors (Lipinski definition) is 1. The number of carbonyl (C=O) groups is 1. The number of anilines is 1. The molecule has 1 N–H and O–H groups in total. The summed E-state index contributed by atoms with van der Waals surface area (Å²) in [6.07, 6.45) is -1.06. The summed E-state index contributed by atoms with van der Waals surface area (Å²) in [6.45, 7) is 2.12. The quantitative estimate of drug-likeness (QED) is 0.549. The Morgan fingerprint density at radius 3 is 2.77 bits per heavy atom. The second-order valence-electron chi connectivity index (χ2n) is 6.30. The van der Waals surface area contributed by atoms with E-state index >= 15 is 0 Å². The molecule has 0 amide bonds. The number of nitrogens with one attached hydrogen (secondary N) is 1. The Kier molecular flexibility index (Phi) is 5.71. The number of rotatable bonds is 3. The molecule has 9 nitrogen and oxygen atoms in total. The van der Waals surface area contributed by atoms with Gasteiger partial charge in [0.1, 0.15) is 0 Å². The van der Waals surface area contributed by atoms with Crippen LogP contribution in [0.4, 0.5) is 19.1 Å². The van der Waals surface area contributed by atoms with Gasteiger partial charge in [-0.25, -0.2) is 9.78 Å². The molecule has 0 spiro atoms. The molecule has 1 fully saturated rings. The summed E-state index contributed by atoms with van der Waals surface area (Å²) in [5.74, 6) is 5.62. The van der Waals surface area contributed by atoms with Gasteiger partial charge >= 0.3 is 12.1 Å². The zero-order valence-corrected chi connectivity index (χ0v) is 16.1. The molecule has 3 rings (SSSR count). The van der Waals surface area contributed by atoms with E-state index in [1.807, 2.05) is 0 Å². The van der Waals surface area contributed by atoms with E-state index in [0.29, 0.717) is 6.54 Å². The van der Waals surface area contributed by atoms with Crippen molar-refractivity contribution in [2.24, 2.45) is 7.05 Å². The lowest BCUT2D eigenvalue weighted by Crippen LogP contribution is -2.55. The standard InChI is InChI=1S/C18H17F3N6O3/c1-4-6-8-27-13-14(23-11(5-2)25(3)15(13)28)24-17(27)26-9-7-22-10-12(26)30-16(29)18(19,20)21/h2,12,22H,7-10H2,1,3H3. The van der Waals surface area contributed by atoms with Gasteiger partial charge in [0.25, 0.3) is 5.56 Å². The molecular formula is C18H17F3N6O3. The summed E-state index contributed by atoms with van der Waals surface area (Å²) in [4.78, 5) is 34.1. The molecule has 2 aromatic rings. The van der Waals surface area contributed by atoms with Gasteiger partial charge in [0, 0.05) is 20.1 Å². The molecule has 0 bridgehead atoms. The van der Waals surface area contributed by atoms with Gasteiger partial charge in [0.05, 0.1) is 13.1 Å². The molecule has 12 heteroatoms. The fourth-order valence-electron chi connectivity index (χ4n) is 3.01. The van der Waals surface area contributed by atoms with Gasteiger partial charge in [0.15, 0.2) is 23.2 Å². The van der Waals surface area contributed by atoms with E-state index in [2.05, 4.69) is 37.8 Å². The summed E-state index contributed by atoms with van der Waals surface area (Å²) in [5.41, 5.74) is -0.365. The van der Waals surface area contributed by atoms with Gasteiger partial charge in [-0.15, -0.1) is 12.3 Å². The summed E-state index contributed by atoms with van der Waals surface area (Å²) in [5, 5.41) is 2.87. The first kappa shape index (κ1) is 21.2. The van der Waals surface area contributed by atoms with Gasteiger partial charge in [-0.2, -0.15) is 18.2 Å². The highest BCUT2D eigenvalue weighted by Gasteiger charge is 2.44. The Morgan fingerprint density at radius 1 is 1.40 bits per heavy atom. The summed E-state index contributed by atoms with van der Waals surface area (Å²) in [6, 6.07) is 0. The van der Waals surface area contributed by atoms with Gasteiger partial charge in [-0.1, -0.05) is 5.92 Å². The highest BCUT2D eigenvalue weighted by molar-refractivity contribution is 5.77. The van der Waals surface area contributed by atoms with Crippen LogP contribution in [0.15, 0.2) is 4.79 Å². The molecule has 0 aliphatic carbocycles. The lowest BCUT2D eigenvalue weighted by Gasteiger charge is -2.36. The van der Waals surface area contributed by atoms with Crippen LogP contribution in [0.2, 0.25) is 0 Å². The minimum atomic E-state index is -5.14. The zero-order chi connectivity index (χ0) is 22.1. The van der Waals surface area contributed by atoms with Crippen molar-refractivity contribution in [3.8, 4) is 24.2 Å². The molecule has 1 unspecified atom stereocenters. The normalized spacial score (nSPS) is 16.7. The largest absolute Gasteiger partial charge is 0.491 e. The molecule has 1 aliphatic heterocycles. The van der Waals surface area contributed by atoms with Gasteiger partial charge in [-0.05, 0) is 12.8 Å². The Bertz CT molecular complexity index is 1150. The van der Waals surface area contributed by atoms with Gasteiger partial charge in [-0.3, -0.25) is 13.9 Å². The predicted molar refractivity (Wildman–Crippen MR) is 100 cm³/mol. The maximum atomic E-state index is 12.8. The molecule has 0 saturated carbocycles. The van der Waals surface area contributed by atoms with Crippen LogP contribution in [0.5, 0.6) is 0 Å². The first-order valence-electron chi connectivity index (χ1n) is 8.77. The molecule has 30 heavy (non-hydrogen) atoms. The number of carbonyl (C=O) groups excluding carboxylic acids is 1. The van der Waals surface area contributed by atoms with Crippen molar-refractivity contribution in [1.82, 2.24) is 24.4 Å². The molecule has 0 aromatic carbocycles. The topological polar surface area (TPSA) is 94.3 Å². The van der Waals surface area contributed by atoms with Crippen LogP contribution in [0.25, 0.3) is 11.2 Å². The fourth-order valence-corrected chi connectivity index (χ4v) is 3.01. The number of nitrogens with zero attached hydrogens (tertiary/aromatic N) is 5. The molecule has 1 saturated heterocycles. The molecule has 0 radical (unpaired) electrons. The minimum absolute atomic E-state index is 0.0263. The van der Waals surface area contributed by atoms with E-state index < -0.39 is 23.9 Å². The zero-order valence-electron chi connectivity index (χ0n) is 16.1. The summed E-state index contributed by atoms with van der Waals surface area (Å²) in [7, 11) is 1.45. The van der Waals surface area contributed by atoms with Crippen molar-refractivity contribution in [3.05, 3.63) is 16.2 Å². The van der Waals surface area contributed by atoms with Crippen LogP contribution >= 0.6 is 0 Å². The maximum absolute atomic E-state index is 12.8. The third-order valence-corrected chi connectivity index (χ3v) is 4.44. The SMILES string of the molecule is C#Cc1nc2nc(N3CCNCC3OC(=O)C(F)(F)F)n(CC#CC)c2c(=O)n1C. The molecule has 1 atom stereocenters. The third-order valence-electron chi connectivity index (χ3n) is 4.44. The molecule has 1 aliphatic rings. The van der Waals surface area contributed by atoms with Crippen molar-refractivity contribution in [2.45, 2.75) is 25.9 Å². The number of halogens is 3. The number of aromatic nitrogens is 4. The van der Waals surface area contributed by atoms with E-state index in [-0.39, 0.29) is 42.6 Å². The Morgan fingerprint density at radius 2 is 2.13 bits per heavy atom. The average molecular weight is 422 g/mol. The number of piperazine rings is 1. The minimum Gasteiger partial charge on any atom is -0.433 e. The second-order valence-corrected chi connectivity index (χ2v) is 6.30. The summed E-state index contributed by atoms with van der Waals surface area (Å²) >= 11 is 0. The number of alkyl halides is 3. The van der Waals surface area contributed by atoms with Crippen LogP contribution < -0.4 is 15.8 Å². The van der Waals surface area contributed by atoms with E-state index in [0.717, 1.165) is 0 Å². The van der Waals surface area contributed by atoms with E-state index in [4.69, 9.17) is 6.42 Å². The number of terminal acetylenes is 1. The number of ether oxygens (including phenoxy) is 1. The molecule has 3 heterocycles. The lowest BCUT2D eigenvalue weighted by atomic mass is 10.3. The smallest absolute Gasteiger partial charge is 0.433 e.